The lowest BCUT2D eigenvalue weighted by Gasteiger charge is -2.25. The Morgan fingerprint density at radius 2 is 2.38 bits per heavy atom. The zero-order chi connectivity index (χ0) is 14.7. The first kappa shape index (κ1) is 14.4. The molecule has 1 fully saturated rings. The van der Waals surface area contributed by atoms with Crippen molar-refractivity contribution in [3.8, 4) is 0 Å². The molecular weight excluding hydrogens is 284 g/mol. The van der Waals surface area contributed by atoms with Crippen LogP contribution in [0.1, 0.15) is 29.5 Å². The second-order valence-electron chi connectivity index (χ2n) is 5.47. The first-order chi connectivity index (χ1) is 10.2. The predicted molar refractivity (Wildman–Crippen MR) is 83.0 cm³/mol. The Kier molecular flexibility index (Phi) is 4.41. The van der Waals surface area contributed by atoms with E-state index in [1.165, 1.54) is 4.88 Å². The first-order valence-corrected chi connectivity index (χ1v) is 8.16. The molecule has 1 saturated heterocycles. The largest absolute Gasteiger partial charge is 0.467 e. The summed E-state index contributed by atoms with van der Waals surface area (Å²) in [5, 5.41) is 2.11. The van der Waals surface area contributed by atoms with E-state index in [1.807, 2.05) is 19.2 Å². The number of hydrogen-bond donors (Lipinski definition) is 0. The monoisotopic (exact) mass is 304 g/mol. The van der Waals surface area contributed by atoms with Crippen LogP contribution in [0.2, 0.25) is 0 Å². The summed E-state index contributed by atoms with van der Waals surface area (Å²) in [5.74, 6) is 0.969. The summed E-state index contributed by atoms with van der Waals surface area (Å²) < 4.78 is 5.30. The zero-order valence-corrected chi connectivity index (χ0v) is 13.0. The molecule has 3 heterocycles. The number of likely N-dealkylation sites (N-methyl/N-ethyl adjacent to an activating group) is 1. The van der Waals surface area contributed by atoms with Crippen LogP contribution < -0.4 is 0 Å². The molecule has 1 amide bonds. The van der Waals surface area contributed by atoms with E-state index >= 15 is 0 Å². The molecule has 0 radical (unpaired) electrons. The van der Waals surface area contributed by atoms with Crippen LogP contribution in [0.4, 0.5) is 0 Å². The molecule has 2 aromatic rings. The molecule has 0 N–H and O–H groups in total. The standard InChI is InChI=1S/C16H20N2O2S/c1-17(11-13-5-3-9-20-13)16(19)12-18-8-2-6-14(18)15-7-4-10-21-15/h3-5,7,9-10,14H,2,6,8,11-12H2,1H3. The van der Waals surface area contributed by atoms with Crippen molar-refractivity contribution in [2.24, 2.45) is 0 Å². The fraction of sp³-hybridized carbons (Fsp3) is 0.438. The summed E-state index contributed by atoms with van der Waals surface area (Å²) in [6, 6.07) is 8.41. The number of amides is 1. The summed E-state index contributed by atoms with van der Waals surface area (Å²) >= 11 is 1.78. The molecule has 5 heteroatoms. The maximum Gasteiger partial charge on any atom is 0.236 e. The number of hydrogen-bond acceptors (Lipinski definition) is 4. The number of likely N-dealkylation sites (tertiary alicyclic amines) is 1. The van der Waals surface area contributed by atoms with Crippen molar-refractivity contribution in [1.82, 2.24) is 9.80 Å². The number of rotatable bonds is 5. The van der Waals surface area contributed by atoms with Gasteiger partial charge in [0.05, 0.1) is 19.4 Å². The Morgan fingerprint density at radius 3 is 3.10 bits per heavy atom. The zero-order valence-electron chi connectivity index (χ0n) is 12.2. The normalized spacial score (nSPS) is 19.0. The molecular formula is C16H20N2O2S. The van der Waals surface area contributed by atoms with Crippen molar-refractivity contribution in [2.75, 3.05) is 20.1 Å². The molecule has 1 aliphatic rings. The number of furan rings is 1. The molecule has 0 saturated carbocycles. The van der Waals surface area contributed by atoms with Crippen LogP contribution in [0.15, 0.2) is 40.3 Å². The van der Waals surface area contributed by atoms with Gasteiger partial charge in [-0.05, 0) is 43.0 Å². The van der Waals surface area contributed by atoms with Gasteiger partial charge in [-0.15, -0.1) is 11.3 Å². The molecule has 2 aromatic heterocycles. The van der Waals surface area contributed by atoms with E-state index in [0.29, 0.717) is 19.1 Å². The van der Waals surface area contributed by atoms with Gasteiger partial charge in [0.1, 0.15) is 5.76 Å². The third-order valence-electron chi connectivity index (χ3n) is 3.97. The van der Waals surface area contributed by atoms with Gasteiger partial charge < -0.3 is 9.32 Å². The second-order valence-corrected chi connectivity index (χ2v) is 6.45. The van der Waals surface area contributed by atoms with E-state index in [0.717, 1.165) is 25.1 Å². The first-order valence-electron chi connectivity index (χ1n) is 7.28. The highest BCUT2D eigenvalue weighted by Crippen LogP contribution is 2.34. The lowest BCUT2D eigenvalue weighted by atomic mass is 10.2. The van der Waals surface area contributed by atoms with Crippen LogP contribution in [0.3, 0.4) is 0 Å². The molecule has 0 aliphatic carbocycles. The van der Waals surface area contributed by atoms with Gasteiger partial charge in [0.15, 0.2) is 0 Å². The molecule has 1 unspecified atom stereocenters. The summed E-state index contributed by atoms with van der Waals surface area (Å²) in [4.78, 5) is 17.8. The highest BCUT2D eigenvalue weighted by Gasteiger charge is 2.29. The van der Waals surface area contributed by atoms with Gasteiger partial charge in [-0.1, -0.05) is 6.07 Å². The Hall–Kier alpha value is -1.59. The highest BCUT2D eigenvalue weighted by molar-refractivity contribution is 7.10. The maximum absolute atomic E-state index is 12.4. The molecule has 112 valence electrons. The molecule has 1 atom stereocenters. The minimum absolute atomic E-state index is 0.148. The quantitative estimate of drug-likeness (QED) is 0.851. The molecule has 4 nitrogen and oxygen atoms in total. The van der Waals surface area contributed by atoms with Gasteiger partial charge in [-0.3, -0.25) is 9.69 Å². The van der Waals surface area contributed by atoms with Crippen molar-refractivity contribution in [3.63, 3.8) is 0 Å². The fourth-order valence-electron chi connectivity index (χ4n) is 2.84. The Morgan fingerprint density at radius 1 is 1.48 bits per heavy atom. The predicted octanol–water partition coefficient (Wildman–Crippen LogP) is 3.14. The van der Waals surface area contributed by atoms with Gasteiger partial charge in [0.2, 0.25) is 5.91 Å². The average molecular weight is 304 g/mol. The van der Waals surface area contributed by atoms with Crippen molar-refractivity contribution in [1.29, 1.82) is 0 Å². The summed E-state index contributed by atoms with van der Waals surface area (Å²) in [6.07, 6.45) is 3.95. The van der Waals surface area contributed by atoms with Crippen LogP contribution in [-0.2, 0) is 11.3 Å². The van der Waals surface area contributed by atoms with Crippen LogP contribution in [0.25, 0.3) is 0 Å². The summed E-state index contributed by atoms with van der Waals surface area (Å²) in [7, 11) is 1.83. The van der Waals surface area contributed by atoms with E-state index in [4.69, 9.17) is 4.42 Å². The van der Waals surface area contributed by atoms with Crippen molar-refractivity contribution in [2.45, 2.75) is 25.4 Å². The third kappa shape index (κ3) is 3.36. The summed E-state index contributed by atoms with van der Waals surface area (Å²) in [5.41, 5.74) is 0. The fourth-order valence-corrected chi connectivity index (χ4v) is 3.73. The minimum atomic E-state index is 0.148. The minimum Gasteiger partial charge on any atom is -0.467 e. The van der Waals surface area contributed by atoms with Crippen molar-refractivity contribution >= 4 is 17.2 Å². The van der Waals surface area contributed by atoms with E-state index in [9.17, 15) is 4.79 Å². The van der Waals surface area contributed by atoms with Gasteiger partial charge >= 0.3 is 0 Å². The molecule has 21 heavy (non-hydrogen) atoms. The smallest absolute Gasteiger partial charge is 0.236 e. The van der Waals surface area contributed by atoms with Gasteiger partial charge in [-0.2, -0.15) is 0 Å². The third-order valence-corrected chi connectivity index (χ3v) is 4.95. The summed E-state index contributed by atoms with van der Waals surface area (Å²) in [6.45, 7) is 2.02. The van der Waals surface area contributed by atoms with Gasteiger partial charge in [0, 0.05) is 18.0 Å². The molecule has 3 rings (SSSR count). The van der Waals surface area contributed by atoms with Crippen LogP contribution >= 0.6 is 11.3 Å². The van der Waals surface area contributed by atoms with Crippen LogP contribution in [-0.4, -0.2) is 35.8 Å². The van der Waals surface area contributed by atoms with Crippen LogP contribution in [0.5, 0.6) is 0 Å². The number of carbonyl (C=O) groups excluding carboxylic acids is 1. The SMILES string of the molecule is CN(Cc1ccco1)C(=O)CN1CCCC1c1cccs1. The average Bonchev–Trinajstić information content (AvgIpc) is 3.20. The Bertz CT molecular complexity index is 565. The Labute approximate surface area is 129 Å². The van der Waals surface area contributed by atoms with E-state index < -0.39 is 0 Å². The number of carbonyl (C=O) groups is 1. The highest BCUT2D eigenvalue weighted by atomic mass is 32.1. The van der Waals surface area contributed by atoms with Crippen LogP contribution in [0, 0.1) is 0 Å². The lowest BCUT2D eigenvalue weighted by Crippen LogP contribution is -2.37. The topological polar surface area (TPSA) is 36.7 Å². The van der Waals surface area contributed by atoms with Gasteiger partial charge in [-0.25, -0.2) is 0 Å². The molecule has 1 aliphatic heterocycles. The van der Waals surface area contributed by atoms with E-state index in [-0.39, 0.29) is 5.91 Å². The van der Waals surface area contributed by atoms with Crippen molar-refractivity contribution < 1.29 is 9.21 Å². The van der Waals surface area contributed by atoms with Gasteiger partial charge in [0.25, 0.3) is 0 Å². The van der Waals surface area contributed by atoms with Crippen molar-refractivity contribution in [3.05, 3.63) is 46.5 Å². The maximum atomic E-state index is 12.4. The lowest BCUT2D eigenvalue weighted by molar-refractivity contribution is -0.132. The molecule has 0 aromatic carbocycles. The second kappa shape index (κ2) is 6.45. The van der Waals surface area contributed by atoms with E-state index in [2.05, 4.69) is 22.4 Å². The Balaban J connectivity index is 1.58. The number of thiophene rings is 1. The number of nitrogens with zero attached hydrogens (tertiary/aromatic N) is 2. The molecule has 0 bridgehead atoms. The molecule has 0 spiro atoms. The van der Waals surface area contributed by atoms with E-state index in [1.54, 1.807) is 22.5 Å².